The zero-order valence-electron chi connectivity index (χ0n) is 15.4. The molecule has 140 valence electrons. The van der Waals surface area contributed by atoms with Gasteiger partial charge in [-0.25, -0.2) is 0 Å². The fraction of sp³-hybridized carbons (Fsp3) is 0.381. The lowest BCUT2D eigenvalue weighted by atomic mass is 10.0. The number of halogens is 1. The van der Waals surface area contributed by atoms with E-state index in [-0.39, 0.29) is 18.3 Å². The van der Waals surface area contributed by atoms with Crippen LogP contribution in [0.3, 0.4) is 0 Å². The highest BCUT2D eigenvalue weighted by Crippen LogP contribution is 2.15. The maximum Gasteiger partial charge on any atom is 0.254 e. The molecule has 0 aromatic heterocycles. The topological polar surface area (TPSA) is 35.6 Å². The summed E-state index contributed by atoms with van der Waals surface area (Å²) in [7, 11) is 1.94. The Hall–Kier alpha value is -1.88. The zero-order valence-corrected chi connectivity index (χ0v) is 16.2. The minimum Gasteiger partial charge on any atom is -0.336 e. The lowest BCUT2D eigenvalue weighted by Gasteiger charge is -2.35. The van der Waals surface area contributed by atoms with E-state index in [0.29, 0.717) is 0 Å². The standard InChI is InChI=1S/C21H27N3O.ClH/c1-22-12-11-19-9-5-6-10-20(19)21(25)24-15-13-23(14-16-24)17-18-7-3-2-4-8-18;/h2-10,22H,11-17H2,1H3;1H. The van der Waals surface area contributed by atoms with Crippen molar-refractivity contribution in [1.29, 1.82) is 0 Å². The summed E-state index contributed by atoms with van der Waals surface area (Å²) in [5, 5.41) is 3.16. The summed E-state index contributed by atoms with van der Waals surface area (Å²) in [6.45, 7) is 5.30. The molecule has 2 aromatic rings. The molecule has 0 aliphatic carbocycles. The van der Waals surface area contributed by atoms with E-state index in [9.17, 15) is 4.79 Å². The van der Waals surface area contributed by atoms with Gasteiger partial charge in [0.25, 0.3) is 5.91 Å². The van der Waals surface area contributed by atoms with Gasteiger partial charge in [0.05, 0.1) is 0 Å². The normalized spacial score (nSPS) is 14.7. The molecule has 0 spiro atoms. The molecule has 1 saturated heterocycles. The predicted octanol–water partition coefficient (Wildman–Crippen LogP) is 2.83. The highest BCUT2D eigenvalue weighted by atomic mass is 35.5. The van der Waals surface area contributed by atoms with Crippen molar-refractivity contribution in [2.24, 2.45) is 0 Å². The molecule has 1 fully saturated rings. The van der Waals surface area contributed by atoms with Crippen molar-refractivity contribution >= 4 is 18.3 Å². The number of carbonyl (C=O) groups excluding carboxylic acids is 1. The predicted molar refractivity (Wildman–Crippen MR) is 109 cm³/mol. The highest BCUT2D eigenvalue weighted by Gasteiger charge is 2.23. The second kappa shape index (κ2) is 10.3. The molecule has 1 amide bonds. The van der Waals surface area contributed by atoms with E-state index in [2.05, 4.69) is 40.5 Å². The summed E-state index contributed by atoms with van der Waals surface area (Å²) in [6, 6.07) is 18.5. The van der Waals surface area contributed by atoms with Crippen LogP contribution in [0.4, 0.5) is 0 Å². The summed E-state index contributed by atoms with van der Waals surface area (Å²) in [5.74, 6) is 0.172. The summed E-state index contributed by atoms with van der Waals surface area (Å²) < 4.78 is 0. The maximum atomic E-state index is 12.9. The molecule has 0 radical (unpaired) electrons. The molecule has 3 rings (SSSR count). The molecular formula is C21H28ClN3O. The third kappa shape index (κ3) is 5.31. The molecule has 4 nitrogen and oxygen atoms in total. The first-order valence-electron chi connectivity index (χ1n) is 9.06. The van der Waals surface area contributed by atoms with Gasteiger partial charge >= 0.3 is 0 Å². The van der Waals surface area contributed by atoms with Gasteiger partial charge in [-0.15, -0.1) is 12.4 Å². The average Bonchev–Trinajstić information content (AvgIpc) is 2.67. The van der Waals surface area contributed by atoms with E-state index in [0.717, 1.165) is 56.8 Å². The molecule has 0 bridgehead atoms. The van der Waals surface area contributed by atoms with Crippen LogP contribution in [0.1, 0.15) is 21.5 Å². The lowest BCUT2D eigenvalue weighted by molar-refractivity contribution is 0.0627. The third-order valence-corrected chi connectivity index (χ3v) is 4.80. The molecule has 1 heterocycles. The summed E-state index contributed by atoms with van der Waals surface area (Å²) in [4.78, 5) is 17.4. The van der Waals surface area contributed by atoms with Crippen molar-refractivity contribution in [2.75, 3.05) is 39.8 Å². The molecule has 0 atom stereocenters. The van der Waals surface area contributed by atoms with Gasteiger partial charge in [-0.2, -0.15) is 0 Å². The SMILES string of the molecule is CNCCc1ccccc1C(=O)N1CCN(Cc2ccccc2)CC1.Cl. The molecule has 26 heavy (non-hydrogen) atoms. The molecule has 5 heteroatoms. The Morgan fingerprint density at radius 1 is 0.962 bits per heavy atom. The van der Waals surface area contributed by atoms with Gasteiger partial charge in [0, 0.05) is 38.3 Å². The number of benzene rings is 2. The Morgan fingerprint density at radius 3 is 2.31 bits per heavy atom. The number of carbonyl (C=O) groups is 1. The van der Waals surface area contributed by atoms with Crippen molar-refractivity contribution in [3.63, 3.8) is 0 Å². The van der Waals surface area contributed by atoms with E-state index in [1.165, 1.54) is 5.56 Å². The largest absolute Gasteiger partial charge is 0.336 e. The third-order valence-electron chi connectivity index (χ3n) is 4.80. The van der Waals surface area contributed by atoms with Gasteiger partial charge in [0.1, 0.15) is 0 Å². The number of nitrogens with zero attached hydrogens (tertiary/aromatic N) is 2. The first kappa shape index (κ1) is 20.4. The average molecular weight is 374 g/mol. The number of piperazine rings is 1. The van der Waals surface area contributed by atoms with E-state index in [1.807, 2.05) is 36.2 Å². The van der Waals surface area contributed by atoms with Gasteiger partial charge in [-0.1, -0.05) is 48.5 Å². The van der Waals surface area contributed by atoms with Crippen LogP contribution in [0.15, 0.2) is 54.6 Å². The van der Waals surface area contributed by atoms with Crippen molar-refractivity contribution in [2.45, 2.75) is 13.0 Å². The zero-order chi connectivity index (χ0) is 17.5. The van der Waals surface area contributed by atoms with Gasteiger partial charge in [0.15, 0.2) is 0 Å². The molecular weight excluding hydrogens is 346 g/mol. The number of hydrogen-bond donors (Lipinski definition) is 1. The van der Waals surface area contributed by atoms with Crippen LogP contribution in [0.25, 0.3) is 0 Å². The molecule has 0 unspecified atom stereocenters. The van der Waals surface area contributed by atoms with Gasteiger partial charge < -0.3 is 10.2 Å². The van der Waals surface area contributed by atoms with E-state index in [4.69, 9.17) is 0 Å². The Morgan fingerprint density at radius 2 is 1.62 bits per heavy atom. The Labute approximate surface area is 162 Å². The van der Waals surface area contributed by atoms with Crippen molar-refractivity contribution < 1.29 is 4.79 Å². The summed E-state index contributed by atoms with van der Waals surface area (Å²) in [5.41, 5.74) is 3.32. The maximum absolute atomic E-state index is 12.9. The minimum absolute atomic E-state index is 0. The van der Waals surface area contributed by atoms with E-state index < -0.39 is 0 Å². The molecule has 0 saturated carbocycles. The Balaban J connectivity index is 0.00000243. The number of amides is 1. The molecule has 1 aliphatic heterocycles. The van der Waals surface area contributed by atoms with Crippen LogP contribution in [0.5, 0.6) is 0 Å². The van der Waals surface area contributed by atoms with Crippen LogP contribution < -0.4 is 5.32 Å². The monoisotopic (exact) mass is 373 g/mol. The van der Waals surface area contributed by atoms with Crippen molar-refractivity contribution in [1.82, 2.24) is 15.1 Å². The molecule has 1 N–H and O–H groups in total. The van der Waals surface area contributed by atoms with E-state index in [1.54, 1.807) is 0 Å². The van der Waals surface area contributed by atoms with Crippen LogP contribution >= 0.6 is 12.4 Å². The number of rotatable bonds is 6. The first-order valence-corrected chi connectivity index (χ1v) is 9.06. The van der Waals surface area contributed by atoms with Crippen LogP contribution in [0, 0.1) is 0 Å². The minimum atomic E-state index is 0. The van der Waals surface area contributed by atoms with Crippen molar-refractivity contribution in [3.8, 4) is 0 Å². The van der Waals surface area contributed by atoms with Crippen molar-refractivity contribution in [3.05, 3.63) is 71.3 Å². The lowest BCUT2D eigenvalue weighted by Crippen LogP contribution is -2.48. The highest BCUT2D eigenvalue weighted by molar-refractivity contribution is 5.95. The fourth-order valence-corrected chi connectivity index (χ4v) is 3.33. The van der Waals surface area contributed by atoms with Crippen LogP contribution in [-0.2, 0) is 13.0 Å². The van der Waals surface area contributed by atoms with Crippen LogP contribution in [-0.4, -0.2) is 55.5 Å². The second-order valence-electron chi connectivity index (χ2n) is 6.56. The molecule has 2 aromatic carbocycles. The van der Waals surface area contributed by atoms with E-state index >= 15 is 0 Å². The van der Waals surface area contributed by atoms with Gasteiger partial charge in [-0.3, -0.25) is 9.69 Å². The van der Waals surface area contributed by atoms with Gasteiger partial charge in [-0.05, 0) is 37.2 Å². The quantitative estimate of drug-likeness (QED) is 0.845. The fourth-order valence-electron chi connectivity index (χ4n) is 3.33. The van der Waals surface area contributed by atoms with Crippen LogP contribution in [0.2, 0.25) is 0 Å². The number of hydrogen-bond acceptors (Lipinski definition) is 3. The number of likely N-dealkylation sites (N-methyl/N-ethyl adjacent to an activating group) is 1. The first-order chi connectivity index (χ1) is 12.3. The second-order valence-corrected chi connectivity index (χ2v) is 6.56. The summed E-state index contributed by atoms with van der Waals surface area (Å²) in [6.07, 6.45) is 0.881. The Kier molecular flexibility index (Phi) is 8.10. The Bertz CT molecular complexity index is 685. The number of nitrogens with one attached hydrogen (secondary N) is 1. The van der Waals surface area contributed by atoms with Gasteiger partial charge in [0.2, 0.25) is 0 Å². The summed E-state index contributed by atoms with van der Waals surface area (Å²) >= 11 is 0. The molecule has 1 aliphatic rings. The smallest absolute Gasteiger partial charge is 0.254 e.